The summed E-state index contributed by atoms with van der Waals surface area (Å²) >= 11 is 1.26. The lowest BCUT2D eigenvalue weighted by molar-refractivity contribution is 0.625. The second-order valence-corrected chi connectivity index (χ2v) is 3.62. The van der Waals surface area contributed by atoms with Crippen molar-refractivity contribution in [3.05, 3.63) is 16.4 Å². The number of hydrogen-bond donors (Lipinski definition) is 1. The summed E-state index contributed by atoms with van der Waals surface area (Å²) in [6.45, 7) is 1.86. The van der Waals surface area contributed by atoms with E-state index in [0.29, 0.717) is 5.82 Å². The van der Waals surface area contributed by atoms with Crippen LogP contribution in [-0.4, -0.2) is 29.8 Å². The van der Waals surface area contributed by atoms with Crippen LogP contribution in [0.15, 0.2) is 0 Å². The molecule has 14 heavy (non-hydrogen) atoms. The molecule has 74 valence electrons. The molecule has 2 N–H and O–H groups in total. The molecule has 7 nitrogen and oxygen atoms in total. The molecule has 2 heterocycles. The summed E-state index contributed by atoms with van der Waals surface area (Å²) in [6, 6.07) is -0.385. The Bertz CT molecular complexity index is 433. The summed E-state index contributed by atoms with van der Waals surface area (Å²) in [6.07, 6.45) is 0. The van der Waals surface area contributed by atoms with Gasteiger partial charge >= 0.3 is 0 Å². The largest absolute Gasteiger partial charge is 0.317 e. The zero-order valence-electron chi connectivity index (χ0n) is 7.75. The monoisotopic (exact) mass is 211 g/mol. The topological polar surface area (TPSA) is 95.4 Å². The SMILES string of the molecule is Cc1nnsc1C(N)c1nnn(C)n1. The Morgan fingerprint density at radius 2 is 2.21 bits per heavy atom. The molecule has 8 heteroatoms. The zero-order valence-corrected chi connectivity index (χ0v) is 8.56. The Kier molecular flexibility index (Phi) is 2.22. The van der Waals surface area contributed by atoms with Crippen molar-refractivity contribution in [2.75, 3.05) is 0 Å². The van der Waals surface area contributed by atoms with E-state index >= 15 is 0 Å². The molecule has 0 saturated heterocycles. The van der Waals surface area contributed by atoms with E-state index in [0.717, 1.165) is 10.6 Å². The highest BCUT2D eigenvalue weighted by Crippen LogP contribution is 2.20. The van der Waals surface area contributed by atoms with Crippen LogP contribution in [0.25, 0.3) is 0 Å². The number of aryl methyl sites for hydroxylation is 2. The minimum atomic E-state index is -0.385. The second kappa shape index (κ2) is 3.39. The first-order chi connectivity index (χ1) is 6.68. The molecule has 0 saturated carbocycles. The van der Waals surface area contributed by atoms with Crippen molar-refractivity contribution in [1.82, 2.24) is 29.8 Å². The smallest absolute Gasteiger partial charge is 0.196 e. The van der Waals surface area contributed by atoms with Crippen molar-refractivity contribution in [3.8, 4) is 0 Å². The van der Waals surface area contributed by atoms with E-state index in [4.69, 9.17) is 5.73 Å². The summed E-state index contributed by atoms with van der Waals surface area (Å²) in [4.78, 5) is 2.25. The van der Waals surface area contributed by atoms with Crippen LogP contribution in [-0.2, 0) is 7.05 Å². The van der Waals surface area contributed by atoms with Crippen molar-refractivity contribution >= 4 is 11.5 Å². The van der Waals surface area contributed by atoms with Crippen molar-refractivity contribution in [2.24, 2.45) is 12.8 Å². The first-order valence-corrected chi connectivity index (χ1v) is 4.74. The van der Waals surface area contributed by atoms with Gasteiger partial charge in [0.1, 0.15) is 6.04 Å². The Morgan fingerprint density at radius 3 is 2.71 bits per heavy atom. The molecule has 0 spiro atoms. The van der Waals surface area contributed by atoms with E-state index in [1.165, 1.54) is 16.3 Å². The summed E-state index contributed by atoms with van der Waals surface area (Å²) in [5.74, 6) is 0.488. The van der Waals surface area contributed by atoms with Gasteiger partial charge < -0.3 is 5.73 Å². The van der Waals surface area contributed by atoms with Crippen molar-refractivity contribution in [2.45, 2.75) is 13.0 Å². The summed E-state index contributed by atoms with van der Waals surface area (Å²) in [5.41, 5.74) is 6.74. The van der Waals surface area contributed by atoms with Crippen LogP contribution < -0.4 is 5.73 Å². The van der Waals surface area contributed by atoms with E-state index in [2.05, 4.69) is 25.0 Å². The Hall–Kier alpha value is -1.41. The van der Waals surface area contributed by atoms with E-state index < -0.39 is 0 Å². The number of nitrogens with zero attached hydrogens (tertiary/aromatic N) is 6. The fraction of sp³-hybridized carbons (Fsp3) is 0.500. The zero-order chi connectivity index (χ0) is 10.1. The first kappa shape index (κ1) is 9.16. The molecular weight excluding hydrogens is 202 g/mol. The maximum atomic E-state index is 5.93. The molecule has 2 aromatic rings. The number of tetrazole rings is 1. The van der Waals surface area contributed by atoms with Crippen LogP contribution >= 0.6 is 11.5 Å². The highest BCUT2D eigenvalue weighted by molar-refractivity contribution is 7.05. The molecule has 0 aliphatic rings. The van der Waals surface area contributed by atoms with E-state index in [1.807, 2.05) is 6.92 Å². The number of aromatic nitrogens is 6. The van der Waals surface area contributed by atoms with Gasteiger partial charge in [-0.3, -0.25) is 0 Å². The van der Waals surface area contributed by atoms with Gasteiger partial charge in [0.15, 0.2) is 5.82 Å². The van der Waals surface area contributed by atoms with Crippen molar-refractivity contribution < 1.29 is 0 Å². The summed E-state index contributed by atoms with van der Waals surface area (Å²) in [5, 5.41) is 15.5. The summed E-state index contributed by atoms with van der Waals surface area (Å²) < 4.78 is 3.80. The standard InChI is InChI=1S/C6H9N7S/c1-3-5(14-12-8-3)4(7)6-9-11-13(2)10-6/h4H,7H2,1-2H3. The van der Waals surface area contributed by atoms with Crippen LogP contribution in [0.1, 0.15) is 22.4 Å². The van der Waals surface area contributed by atoms with Gasteiger partial charge in [-0.25, -0.2) is 0 Å². The fourth-order valence-corrected chi connectivity index (χ4v) is 1.71. The van der Waals surface area contributed by atoms with Crippen LogP contribution in [0.2, 0.25) is 0 Å². The number of hydrogen-bond acceptors (Lipinski definition) is 7. The minimum Gasteiger partial charge on any atom is -0.317 e. The maximum absolute atomic E-state index is 5.93. The van der Waals surface area contributed by atoms with Gasteiger partial charge in [-0.2, -0.15) is 4.80 Å². The van der Waals surface area contributed by atoms with Crippen molar-refractivity contribution in [3.63, 3.8) is 0 Å². The van der Waals surface area contributed by atoms with Gasteiger partial charge in [-0.05, 0) is 23.7 Å². The highest BCUT2D eigenvalue weighted by Gasteiger charge is 2.19. The maximum Gasteiger partial charge on any atom is 0.196 e. The Balaban J connectivity index is 2.33. The molecule has 0 aliphatic heterocycles. The van der Waals surface area contributed by atoms with Gasteiger partial charge in [0, 0.05) is 0 Å². The lowest BCUT2D eigenvalue weighted by Gasteiger charge is -2.02. The number of nitrogens with two attached hydrogens (primary N) is 1. The van der Waals surface area contributed by atoms with Gasteiger partial charge in [-0.1, -0.05) is 4.49 Å². The molecule has 2 rings (SSSR count). The Labute approximate surface area is 84.1 Å². The minimum absolute atomic E-state index is 0.385. The average Bonchev–Trinajstić information content (AvgIpc) is 2.73. The van der Waals surface area contributed by atoms with Gasteiger partial charge in [-0.15, -0.1) is 15.3 Å². The normalized spacial score (nSPS) is 13.1. The molecule has 1 unspecified atom stereocenters. The van der Waals surface area contributed by atoms with Gasteiger partial charge in [0.25, 0.3) is 0 Å². The van der Waals surface area contributed by atoms with Crippen LogP contribution in [0, 0.1) is 6.92 Å². The highest BCUT2D eigenvalue weighted by atomic mass is 32.1. The predicted octanol–water partition coefficient (Wildman–Crippen LogP) is -0.582. The molecule has 0 bridgehead atoms. The molecule has 0 radical (unpaired) electrons. The van der Waals surface area contributed by atoms with Crippen molar-refractivity contribution in [1.29, 1.82) is 0 Å². The third-order valence-electron chi connectivity index (χ3n) is 1.77. The van der Waals surface area contributed by atoms with Crippen LogP contribution in [0.4, 0.5) is 0 Å². The summed E-state index contributed by atoms with van der Waals surface area (Å²) in [7, 11) is 1.70. The Morgan fingerprint density at radius 1 is 1.43 bits per heavy atom. The predicted molar refractivity (Wildman–Crippen MR) is 49.5 cm³/mol. The third-order valence-corrected chi connectivity index (χ3v) is 2.68. The van der Waals surface area contributed by atoms with E-state index in [9.17, 15) is 0 Å². The van der Waals surface area contributed by atoms with Crippen LogP contribution in [0.5, 0.6) is 0 Å². The van der Waals surface area contributed by atoms with Crippen LogP contribution in [0.3, 0.4) is 0 Å². The molecule has 0 fully saturated rings. The average molecular weight is 211 g/mol. The lowest BCUT2D eigenvalue weighted by atomic mass is 10.2. The quantitative estimate of drug-likeness (QED) is 0.714. The first-order valence-electron chi connectivity index (χ1n) is 3.97. The lowest BCUT2D eigenvalue weighted by Crippen LogP contribution is -2.13. The molecule has 0 aromatic carbocycles. The van der Waals surface area contributed by atoms with Gasteiger partial charge in [0.2, 0.25) is 0 Å². The third kappa shape index (κ3) is 1.49. The molecular formula is C6H9N7S. The van der Waals surface area contributed by atoms with E-state index in [-0.39, 0.29) is 6.04 Å². The second-order valence-electron chi connectivity index (χ2n) is 2.84. The molecule has 0 aliphatic carbocycles. The fourth-order valence-electron chi connectivity index (χ4n) is 1.06. The molecule has 0 amide bonds. The molecule has 1 atom stereocenters. The van der Waals surface area contributed by atoms with Gasteiger partial charge in [0.05, 0.1) is 17.6 Å². The molecule has 2 aromatic heterocycles. The van der Waals surface area contributed by atoms with E-state index in [1.54, 1.807) is 7.05 Å². The number of rotatable bonds is 2.